The summed E-state index contributed by atoms with van der Waals surface area (Å²) >= 11 is 1.57. The Hall–Kier alpha value is -0.490. The van der Waals surface area contributed by atoms with Gasteiger partial charge in [0.05, 0.1) is 25.5 Å². The number of nitrogens with two attached hydrogens (primary N) is 1. The van der Waals surface area contributed by atoms with Crippen molar-refractivity contribution in [1.82, 2.24) is 4.98 Å². The molecular weight excluding hydrogens is 188 g/mol. The Morgan fingerprint density at radius 1 is 1.54 bits per heavy atom. The van der Waals surface area contributed by atoms with Crippen molar-refractivity contribution in [3.8, 4) is 0 Å². The molecule has 5 heteroatoms. The van der Waals surface area contributed by atoms with Crippen molar-refractivity contribution in [2.75, 3.05) is 20.3 Å². The van der Waals surface area contributed by atoms with Gasteiger partial charge in [0.2, 0.25) is 0 Å². The number of hydrogen-bond acceptors (Lipinski definition) is 5. The van der Waals surface area contributed by atoms with Gasteiger partial charge in [-0.05, 0) is 0 Å². The van der Waals surface area contributed by atoms with Crippen LogP contribution in [0.3, 0.4) is 0 Å². The quantitative estimate of drug-likeness (QED) is 0.692. The minimum Gasteiger partial charge on any atom is -0.382 e. The van der Waals surface area contributed by atoms with Crippen LogP contribution in [0.1, 0.15) is 10.7 Å². The van der Waals surface area contributed by atoms with Crippen molar-refractivity contribution in [2.45, 2.75) is 13.2 Å². The second-order valence-corrected chi connectivity index (χ2v) is 3.42. The van der Waals surface area contributed by atoms with E-state index in [2.05, 4.69) is 4.98 Å². The Bertz CT molecular complexity index is 240. The number of hydrogen-bond donors (Lipinski definition) is 1. The highest BCUT2D eigenvalue weighted by Crippen LogP contribution is 2.09. The summed E-state index contributed by atoms with van der Waals surface area (Å²) in [5.74, 6) is 0. The zero-order valence-electron chi connectivity index (χ0n) is 7.66. The van der Waals surface area contributed by atoms with Crippen molar-refractivity contribution in [3.63, 3.8) is 0 Å². The number of ether oxygens (including phenoxy) is 2. The molecule has 0 amide bonds. The first-order valence-electron chi connectivity index (χ1n) is 4.07. The van der Waals surface area contributed by atoms with Crippen molar-refractivity contribution >= 4 is 11.3 Å². The van der Waals surface area contributed by atoms with Gasteiger partial charge in [0.1, 0.15) is 5.01 Å². The van der Waals surface area contributed by atoms with E-state index in [1.807, 2.05) is 5.38 Å². The molecule has 13 heavy (non-hydrogen) atoms. The van der Waals surface area contributed by atoms with Gasteiger partial charge in [-0.15, -0.1) is 11.3 Å². The molecule has 0 aliphatic carbocycles. The van der Waals surface area contributed by atoms with Crippen molar-refractivity contribution < 1.29 is 9.47 Å². The maximum Gasteiger partial charge on any atom is 0.107 e. The van der Waals surface area contributed by atoms with Crippen LogP contribution in [-0.2, 0) is 22.6 Å². The lowest BCUT2D eigenvalue weighted by Crippen LogP contribution is -2.02. The van der Waals surface area contributed by atoms with Crippen molar-refractivity contribution in [3.05, 3.63) is 16.1 Å². The second kappa shape index (κ2) is 6.04. The van der Waals surface area contributed by atoms with Gasteiger partial charge in [0.25, 0.3) is 0 Å². The van der Waals surface area contributed by atoms with E-state index in [9.17, 15) is 0 Å². The molecule has 0 radical (unpaired) electrons. The maximum absolute atomic E-state index is 5.43. The molecule has 1 aromatic heterocycles. The highest BCUT2D eigenvalue weighted by atomic mass is 32.1. The maximum atomic E-state index is 5.43. The van der Waals surface area contributed by atoms with Crippen LogP contribution in [-0.4, -0.2) is 25.3 Å². The summed E-state index contributed by atoms with van der Waals surface area (Å²) in [6.45, 7) is 2.27. The summed E-state index contributed by atoms with van der Waals surface area (Å²) in [6, 6.07) is 0. The molecule has 0 spiro atoms. The van der Waals surface area contributed by atoms with Gasteiger partial charge in [0.15, 0.2) is 0 Å². The highest BCUT2D eigenvalue weighted by molar-refractivity contribution is 7.09. The average molecular weight is 202 g/mol. The fourth-order valence-electron chi connectivity index (χ4n) is 0.828. The van der Waals surface area contributed by atoms with E-state index in [0.717, 1.165) is 10.7 Å². The van der Waals surface area contributed by atoms with Crippen LogP contribution in [0.4, 0.5) is 0 Å². The molecule has 0 aromatic carbocycles. The SMILES string of the molecule is COCCOCc1csc(CN)n1. The summed E-state index contributed by atoms with van der Waals surface area (Å²) in [6.07, 6.45) is 0. The fourth-order valence-corrected chi connectivity index (χ4v) is 1.49. The van der Waals surface area contributed by atoms with Gasteiger partial charge < -0.3 is 15.2 Å². The topological polar surface area (TPSA) is 57.4 Å². The highest BCUT2D eigenvalue weighted by Gasteiger charge is 1.99. The van der Waals surface area contributed by atoms with Gasteiger partial charge >= 0.3 is 0 Å². The van der Waals surface area contributed by atoms with E-state index in [-0.39, 0.29) is 0 Å². The molecule has 0 saturated heterocycles. The van der Waals surface area contributed by atoms with E-state index in [1.165, 1.54) is 0 Å². The van der Waals surface area contributed by atoms with Crippen LogP contribution in [0.15, 0.2) is 5.38 Å². The predicted octanol–water partition coefficient (Wildman–Crippen LogP) is 0.765. The molecule has 0 aliphatic rings. The van der Waals surface area contributed by atoms with E-state index < -0.39 is 0 Å². The summed E-state index contributed by atoms with van der Waals surface area (Å²) in [5.41, 5.74) is 6.37. The first kappa shape index (κ1) is 10.6. The molecular formula is C8H14N2O2S. The Morgan fingerprint density at radius 3 is 3.00 bits per heavy atom. The van der Waals surface area contributed by atoms with Crippen LogP contribution in [0, 0.1) is 0 Å². The minimum atomic E-state index is 0.503. The monoisotopic (exact) mass is 202 g/mol. The predicted molar refractivity (Wildman–Crippen MR) is 51.5 cm³/mol. The van der Waals surface area contributed by atoms with Crippen LogP contribution < -0.4 is 5.73 Å². The second-order valence-electron chi connectivity index (χ2n) is 2.48. The summed E-state index contributed by atoms with van der Waals surface area (Å²) < 4.78 is 10.1. The molecule has 0 fully saturated rings. The number of nitrogens with zero attached hydrogens (tertiary/aromatic N) is 1. The normalized spacial score (nSPS) is 10.6. The van der Waals surface area contributed by atoms with Gasteiger partial charge in [-0.2, -0.15) is 0 Å². The smallest absolute Gasteiger partial charge is 0.107 e. The Kier molecular flexibility index (Phi) is 4.92. The molecule has 0 aliphatic heterocycles. The standard InChI is InChI=1S/C8H14N2O2S/c1-11-2-3-12-5-7-6-13-8(4-9)10-7/h6H,2-5,9H2,1H3. The lowest BCUT2D eigenvalue weighted by atomic mass is 10.5. The molecule has 74 valence electrons. The van der Waals surface area contributed by atoms with E-state index in [0.29, 0.717) is 26.4 Å². The summed E-state index contributed by atoms with van der Waals surface area (Å²) in [7, 11) is 1.65. The third-order valence-electron chi connectivity index (χ3n) is 1.46. The molecule has 0 saturated carbocycles. The third kappa shape index (κ3) is 3.82. The molecule has 1 rings (SSSR count). The Labute approximate surface area is 81.7 Å². The molecule has 4 nitrogen and oxygen atoms in total. The lowest BCUT2D eigenvalue weighted by Gasteiger charge is -1.99. The van der Waals surface area contributed by atoms with Crippen LogP contribution in [0.2, 0.25) is 0 Å². The molecule has 0 atom stereocenters. The lowest BCUT2D eigenvalue weighted by molar-refractivity contribution is 0.0604. The van der Waals surface area contributed by atoms with Gasteiger partial charge in [0, 0.05) is 19.0 Å². The molecule has 1 heterocycles. The van der Waals surface area contributed by atoms with E-state index in [4.69, 9.17) is 15.2 Å². The minimum absolute atomic E-state index is 0.503. The molecule has 0 unspecified atom stereocenters. The van der Waals surface area contributed by atoms with Crippen molar-refractivity contribution in [2.24, 2.45) is 5.73 Å². The van der Waals surface area contributed by atoms with Crippen LogP contribution in [0.25, 0.3) is 0 Å². The van der Waals surface area contributed by atoms with Crippen molar-refractivity contribution in [1.29, 1.82) is 0 Å². The van der Waals surface area contributed by atoms with E-state index in [1.54, 1.807) is 18.4 Å². The molecule has 2 N–H and O–H groups in total. The molecule has 1 aromatic rings. The van der Waals surface area contributed by atoms with Gasteiger partial charge in [-0.25, -0.2) is 4.98 Å². The van der Waals surface area contributed by atoms with Gasteiger partial charge in [-0.1, -0.05) is 0 Å². The van der Waals surface area contributed by atoms with Crippen LogP contribution >= 0.6 is 11.3 Å². The Morgan fingerprint density at radius 2 is 2.38 bits per heavy atom. The first-order valence-corrected chi connectivity index (χ1v) is 4.94. The average Bonchev–Trinajstić information content (AvgIpc) is 2.60. The van der Waals surface area contributed by atoms with Crippen LogP contribution in [0.5, 0.6) is 0 Å². The Balaban J connectivity index is 2.20. The fraction of sp³-hybridized carbons (Fsp3) is 0.625. The summed E-state index contributed by atoms with van der Waals surface area (Å²) in [5, 5.41) is 2.92. The summed E-state index contributed by atoms with van der Waals surface area (Å²) in [4.78, 5) is 4.25. The first-order chi connectivity index (χ1) is 6.36. The van der Waals surface area contributed by atoms with Gasteiger partial charge in [-0.3, -0.25) is 0 Å². The zero-order valence-corrected chi connectivity index (χ0v) is 8.47. The third-order valence-corrected chi connectivity index (χ3v) is 2.38. The molecule has 0 bridgehead atoms. The number of thiazole rings is 1. The largest absolute Gasteiger partial charge is 0.382 e. The number of aromatic nitrogens is 1. The zero-order chi connectivity index (χ0) is 9.52. The number of rotatable bonds is 6. The number of methoxy groups -OCH3 is 1. The van der Waals surface area contributed by atoms with E-state index >= 15 is 0 Å².